The van der Waals surface area contributed by atoms with Gasteiger partial charge in [-0.25, -0.2) is 9.18 Å². The average molecular weight is 295 g/mol. The quantitative estimate of drug-likeness (QED) is 0.755. The Balaban J connectivity index is 1.67. The van der Waals surface area contributed by atoms with E-state index in [4.69, 9.17) is 9.84 Å². The van der Waals surface area contributed by atoms with Gasteiger partial charge in [0, 0.05) is 6.42 Å². The van der Waals surface area contributed by atoms with Gasteiger partial charge in [0.25, 0.3) is 0 Å². The summed E-state index contributed by atoms with van der Waals surface area (Å²) >= 11 is 0. The van der Waals surface area contributed by atoms with E-state index in [0.29, 0.717) is 31.6 Å². The number of carboxylic acid groups (broad SMARTS) is 1. The van der Waals surface area contributed by atoms with Crippen molar-refractivity contribution < 1.29 is 23.8 Å². The van der Waals surface area contributed by atoms with Gasteiger partial charge in [-0.3, -0.25) is 4.79 Å². The van der Waals surface area contributed by atoms with E-state index >= 15 is 0 Å². The molecule has 1 saturated carbocycles. The molecule has 2 N–H and O–H groups in total. The third kappa shape index (κ3) is 3.93. The molecule has 5 nitrogen and oxygen atoms in total. The molecule has 0 bridgehead atoms. The predicted octanol–water partition coefficient (Wildman–Crippen LogP) is 2.11. The van der Waals surface area contributed by atoms with Crippen molar-refractivity contribution in [2.24, 2.45) is 0 Å². The molecular weight excluding hydrogens is 277 g/mol. The molecule has 0 unspecified atom stereocenters. The molecule has 0 radical (unpaired) electrons. The zero-order valence-electron chi connectivity index (χ0n) is 11.6. The van der Waals surface area contributed by atoms with Crippen LogP contribution in [0.5, 0.6) is 5.75 Å². The van der Waals surface area contributed by atoms with Crippen LogP contribution in [0.2, 0.25) is 0 Å². The van der Waals surface area contributed by atoms with Gasteiger partial charge in [-0.15, -0.1) is 0 Å². The number of carboxylic acids is 1. The molecule has 1 amide bonds. The van der Waals surface area contributed by atoms with E-state index in [-0.39, 0.29) is 18.1 Å². The first-order valence-corrected chi connectivity index (χ1v) is 6.95. The highest BCUT2D eigenvalue weighted by molar-refractivity contribution is 5.87. The van der Waals surface area contributed by atoms with E-state index < -0.39 is 11.5 Å². The van der Waals surface area contributed by atoms with E-state index in [1.54, 1.807) is 0 Å². The fourth-order valence-electron chi connectivity index (χ4n) is 2.21. The summed E-state index contributed by atoms with van der Waals surface area (Å²) in [6.45, 7) is 0.319. The minimum atomic E-state index is -1.06. The summed E-state index contributed by atoms with van der Waals surface area (Å²) < 4.78 is 18.1. The molecular formula is C15H18FNO4. The van der Waals surface area contributed by atoms with E-state index in [0.717, 1.165) is 6.42 Å². The van der Waals surface area contributed by atoms with Crippen LogP contribution < -0.4 is 10.1 Å². The maximum atomic E-state index is 12.7. The summed E-state index contributed by atoms with van der Waals surface area (Å²) in [6, 6.07) is 5.64. The molecule has 1 aromatic rings. The largest absolute Gasteiger partial charge is 0.494 e. The van der Waals surface area contributed by atoms with Gasteiger partial charge in [0.15, 0.2) is 0 Å². The van der Waals surface area contributed by atoms with Crippen molar-refractivity contribution >= 4 is 11.9 Å². The van der Waals surface area contributed by atoms with Gasteiger partial charge in [-0.05, 0) is 49.9 Å². The standard InChI is InChI=1S/C15H18FNO4/c16-11-4-6-12(7-5-11)21-10-1-3-13(18)17-15(14(19)20)8-2-9-15/h4-7H,1-3,8-10H2,(H,17,18)(H,19,20). The smallest absolute Gasteiger partial charge is 0.329 e. The molecule has 0 heterocycles. The third-order valence-electron chi connectivity index (χ3n) is 3.63. The lowest BCUT2D eigenvalue weighted by molar-refractivity contribution is -0.151. The van der Waals surface area contributed by atoms with Gasteiger partial charge in [-0.2, -0.15) is 0 Å². The molecule has 0 atom stereocenters. The maximum absolute atomic E-state index is 12.7. The van der Waals surface area contributed by atoms with Crippen molar-refractivity contribution in [2.45, 2.75) is 37.6 Å². The summed E-state index contributed by atoms with van der Waals surface area (Å²) in [5.74, 6) is -1.04. The molecule has 6 heteroatoms. The number of rotatable bonds is 7. The molecule has 1 aliphatic rings. The highest BCUT2D eigenvalue weighted by Crippen LogP contribution is 2.32. The molecule has 0 aliphatic heterocycles. The summed E-state index contributed by atoms with van der Waals surface area (Å²) in [5, 5.41) is 11.7. The Morgan fingerprint density at radius 1 is 1.29 bits per heavy atom. The fraction of sp³-hybridized carbons (Fsp3) is 0.467. The van der Waals surface area contributed by atoms with Gasteiger partial charge in [0.05, 0.1) is 6.61 Å². The molecule has 21 heavy (non-hydrogen) atoms. The second-order valence-electron chi connectivity index (χ2n) is 5.19. The van der Waals surface area contributed by atoms with Crippen LogP contribution in [-0.4, -0.2) is 29.1 Å². The van der Waals surface area contributed by atoms with Gasteiger partial charge < -0.3 is 15.2 Å². The van der Waals surface area contributed by atoms with Crippen LogP contribution in [0.4, 0.5) is 4.39 Å². The van der Waals surface area contributed by atoms with E-state index in [1.165, 1.54) is 24.3 Å². The Kier molecular flexibility index (Phi) is 4.77. The summed E-state index contributed by atoms with van der Waals surface area (Å²) in [7, 11) is 0. The topological polar surface area (TPSA) is 75.6 Å². The van der Waals surface area contributed by atoms with Crippen LogP contribution in [-0.2, 0) is 9.59 Å². The molecule has 1 aliphatic carbocycles. The first kappa shape index (κ1) is 15.3. The minimum absolute atomic E-state index is 0.205. The second-order valence-corrected chi connectivity index (χ2v) is 5.19. The zero-order chi connectivity index (χ0) is 15.3. The molecule has 0 spiro atoms. The van der Waals surface area contributed by atoms with Gasteiger partial charge in [0.2, 0.25) is 5.91 Å². The van der Waals surface area contributed by atoms with Crippen LogP contribution in [0.1, 0.15) is 32.1 Å². The second kappa shape index (κ2) is 6.56. The van der Waals surface area contributed by atoms with Crippen molar-refractivity contribution in [1.29, 1.82) is 0 Å². The first-order valence-electron chi connectivity index (χ1n) is 6.95. The first-order chi connectivity index (χ1) is 10.0. The lowest BCUT2D eigenvalue weighted by atomic mass is 9.76. The van der Waals surface area contributed by atoms with Crippen LogP contribution in [0.3, 0.4) is 0 Å². The van der Waals surface area contributed by atoms with Crippen molar-refractivity contribution in [3.8, 4) is 5.75 Å². The summed E-state index contributed by atoms with van der Waals surface area (Å²) in [6.07, 6.45) is 2.47. The average Bonchev–Trinajstić information content (AvgIpc) is 2.40. The maximum Gasteiger partial charge on any atom is 0.329 e. The number of hydrogen-bond donors (Lipinski definition) is 2. The molecule has 114 valence electrons. The number of aliphatic carboxylic acids is 1. The van der Waals surface area contributed by atoms with Crippen LogP contribution >= 0.6 is 0 Å². The highest BCUT2D eigenvalue weighted by atomic mass is 19.1. The number of halogens is 1. The van der Waals surface area contributed by atoms with E-state index in [9.17, 15) is 14.0 Å². The Morgan fingerprint density at radius 3 is 2.48 bits per heavy atom. The highest BCUT2D eigenvalue weighted by Gasteiger charge is 2.45. The van der Waals surface area contributed by atoms with Gasteiger partial charge in [0.1, 0.15) is 17.1 Å². The number of nitrogens with one attached hydrogen (secondary N) is 1. The predicted molar refractivity (Wildman–Crippen MR) is 73.5 cm³/mol. The molecule has 2 rings (SSSR count). The van der Waals surface area contributed by atoms with E-state index in [2.05, 4.69) is 5.32 Å². The fourth-order valence-corrected chi connectivity index (χ4v) is 2.21. The number of carbonyl (C=O) groups excluding carboxylic acids is 1. The van der Waals surface area contributed by atoms with Crippen molar-refractivity contribution in [1.82, 2.24) is 5.32 Å². The lowest BCUT2D eigenvalue weighted by Gasteiger charge is -2.38. The SMILES string of the molecule is O=C(CCCOc1ccc(F)cc1)NC1(C(=O)O)CCC1. The third-order valence-corrected chi connectivity index (χ3v) is 3.63. The normalized spacial score (nSPS) is 15.9. The monoisotopic (exact) mass is 295 g/mol. The van der Waals surface area contributed by atoms with E-state index in [1.807, 2.05) is 0 Å². The Morgan fingerprint density at radius 2 is 1.95 bits per heavy atom. The molecule has 0 saturated heterocycles. The van der Waals surface area contributed by atoms with Crippen LogP contribution in [0.15, 0.2) is 24.3 Å². The Hall–Kier alpha value is -2.11. The lowest BCUT2D eigenvalue weighted by Crippen LogP contribution is -2.59. The molecule has 0 aromatic heterocycles. The van der Waals surface area contributed by atoms with Crippen LogP contribution in [0, 0.1) is 5.82 Å². The number of ether oxygens (including phenoxy) is 1. The molecule has 1 aromatic carbocycles. The summed E-state index contributed by atoms with van der Waals surface area (Å²) in [5.41, 5.74) is -1.06. The minimum Gasteiger partial charge on any atom is -0.494 e. The van der Waals surface area contributed by atoms with Gasteiger partial charge >= 0.3 is 5.97 Å². The Bertz CT molecular complexity index is 511. The van der Waals surface area contributed by atoms with Gasteiger partial charge in [-0.1, -0.05) is 0 Å². The number of hydrogen-bond acceptors (Lipinski definition) is 3. The number of benzene rings is 1. The zero-order valence-corrected chi connectivity index (χ0v) is 11.6. The molecule has 1 fully saturated rings. The van der Waals surface area contributed by atoms with Crippen molar-refractivity contribution in [3.63, 3.8) is 0 Å². The van der Waals surface area contributed by atoms with Crippen LogP contribution in [0.25, 0.3) is 0 Å². The number of carbonyl (C=O) groups is 2. The number of amides is 1. The van der Waals surface area contributed by atoms with Crippen molar-refractivity contribution in [3.05, 3.63) is 30.1 Å². The Labute approximate surface area is 122 Å². The van der Waals surface area contributed by atoms with Crippen molar-refractivity contribution in [2.75, 3.05) is 6.61 Å². The summed E-state index contributed by atoms with van der Waals surface area (Å²) in [4.78, 5) is 22.8.